The number of unbranched alkanes of at least 4 members (excludes halogenated alkanes) is 1. The van der Waals surface area contributed by atoms with Crippen LogP contribution in [0.4, 0.5) is 5.69 Å². The van der Waals surface area contributed by atoms with E-state index in [0.717, 1.165) is 31.7 Å². The van der Waals surface area contributed by atoms with Crippen LogP contribution >= 0.6 is 0 Å². The summed E-state index contributed by atoms with van der Waals surface area (Å²) in [7, 11) is 0. The van der Waals surface area contributed by atoms with Gasteiger partial charge in [0.05, 0.1) is 6.61 Å². The molecule has 0 bridgehead atoms. The van der Waals surface area contributed by atoms with Crippen LogP contribution in [-0.4, -0.2) is 32.1 Å². The number of carbonyl (C=O) groups is 1. The molecule has 0 aromatic heterocycles. The van der Waals surface area contributed by atoms with Gasteiger partial charge < -0.3 is 15.0 Å². The van der Waals surface area contributed by atoms with E-state index in [4.69, 9.17) is 4.74 Å². The Morgan fingerprint density at radius 1 is 1.33 bits per heavy atom. The van der Waals surface area contributed by atoms with Crippen LogP contribution in [0, 0.1) is 0 Å². The second-order valence-electron chi connectivity index (χ2n) is 4.72. The van der Waals surface area contributed by atoms with Crippen molar-refractivity contribution in [3.63, 3.8) is 0 Å². The average molecular weight is 290 g/mol. The maximum absolute atomic E-state index is 11.0. The number of carbonyl (C=O) groups excluding carboxylic acids is 1. The van der Waals surface area contributed by atoms with Crippen molar-refractivity contribution >= 4 is 11.6 Å². The van der Waals surface area contributed by atoms with Gasteiger partial charge in [-0.2, -0.15) is 0 Å². The van der Waals surface area contributed by atoms with E-state index >= 15 is 0 Å². The summed E-state index contributed by atoms with van der Waals surface area (Å²) in [4.78, 5) is 13.2. The lowest BCUT2D eigenvalue weighted by Gasteiger charge is -2.21. The molecule has 0 spiro atoms. The molecular weight excluding hydrogens is 264 g/mol. The quantitative estimate of drug-likeness (QED) is 0.532. The molecule has 1 N–H and O–H groups in total. The first kappa shape index (κ1) is 17.1. The van der Waals surface area contributed by atoms with Crippen LogP contribution in [0.5, 0.6) is 5.75 Å². The lowest BCUT2D eigenvalue weighted by atomic mass is 10.2. The van der Waals surface area contributed by atoms with Gasteiger partial charge in [0.1, 0.15) is 5.75 Å². The fourth-order valence-corrected chi connectivity index (χ4v) is 2.06. The molecule has 0 unspecified atom stereocenters. The van der Waals surface area contributed by atoms with E-state index in [0.29, 0.717) is 13.2 Å². The van der Waals surface area contributed by atoms with Crippen LogP contribution in [-0.2, 0) is 4.79 Å². The van der Waals surface area contributed by atoms with Crippen molar-refractivity contribution < 1.29 is 9.53 Å². The molecule has 0 atom stereocenters. The predicted molar refractivity (Wildman–Crippen MR) is 87.9 cm³/mol. The molecule has 0 aliphatic rings. The smallest absolute Gasteiger partial charge is 0.243 e. The number of ether oxygens (including phenoxy) is 1. The monoisotopic (exact) mass is 290 g/mol. The minimum Gasteiger partial charge on any atom is -0.494 e. The van der Waals surface area contributed by atoms with Gasteiger partial charge in [0.2, 0.25) is 5.91 Å². The molecule has 0 saturated heterocycles. The number of hydrogen-bond acceptors (Lipinski definition) is 3. The van der Waals surface area contributed by atoms with E-state index in [9.17, 15) is 4.79 Å². The van der Waals surface area contributed by atoms with Gasteiger partial charge in [-0.1, -0.05) is 12.6 Å². The van der Waals surface area contributed by atoms with E-state index in [1.54, 1.807) is 0 Å². The number of nitrogens with zero attached hydrogens (tertiary/aromatic N) is 1. The van der Waals surface area contributed by atoms with Crippen LogP contribution in [0.3, 0.4) is 0 Å². The lowest BCUT2D eigenvalue weighted by Crippen LogP contribution is -2.22. The highest BCUT2D eigenvalue weighted by Crippen LogP contribution is 2.21. The van der Waals surface area contributed by atoms with Crippen molar-refractivity contribution in [2.24, 2.45) is 0 Å². The topological polar surface area (TPSA) is 41.6 Å². The van der Waals surface area contributed by atoms with Gasteiger partial charge >= 0.3 is 0 Å². The average Bonchev–Trinajstić information content (AvgIpc) is 2.52. The first-order valence-electron chi connectivity index (χ1n) is 7.59. The molecule has 0 aliphatic carbocycles. The van der Waals surface area contributed by atoms with Gasteiger partial charge in [-0.15, -0.1) is 0 Å². The Balaban J connectivity index is 2.30. The fraction of sp³-hybridized carbons (Fsp3) is 0.471. The van der Waals surface area contributed by atoms with Crippen molar-refractivity contribution in [2.45, 2.75) is 26.7 Å². The molecule has 21 heavy (non-hydrogen) atoms. The second-order valence-corrected chi connectivity index (χ2v) is 4.72. The zero-order valence-electron chi connectivity index (χ0n) is 13.1. The summed E-state index contributed by atoms with van der Waals surface area (Å²) < 4.78 is 5.76. The normalized spacial score (nSPS) is 10.0. The summed E-state index contributed by atoms with van der Waals surface area (Å²) in [5.41, 5.74) is 1.19. The summed E-state index contributed by atoms with van der Waals surface area (Å²) in [6, 6.07) is 8.18. The van der Waals surface area contributed by atoms with E-state index < -0.39 is 0 Å². The Morgan fingerprint density at radius 3 is 2.76 bits per heavy atom. The molecule has 1 amide bonds. The predicted octanol–water partition coefficient (Wildman–Crippen LogP) is 2.99. The second kappa shape index (κ2) is 9.86. The van der Waals surface area contributed by atoms with Crippen molar-refractivity contribution in [1.82, 2.24) is 5.32 Å². The fourth-order valence-electron chi connectivity index (χ4n) is 2.06. The third-order valence-corrected chi connectivity index (χ3v) is 3.27. The molecule has 0 saturated carbocycles. The molecule has 116 valence electrons. The van der Waals surface area contributed by atoms with E-state index in [1.807, 2.05) is 12.1 Å². The van der Waals surface area contributed by atoms with Gasteiger partial charge in [0, 0.05) is 31.4 Å². The van der Waals surface area contributed by atoms with E-state index in [1.165, 1.54) is 11.8 Å². The largest absolute Gasteiger partial charge is 0.494 e. The minimum absolute atomic E-state index is 0.122. The Labute approximate surface area is 127 Å². The van der Waals surface area contributed by atoms with Gasteiger partial charge in [-0.25, -0.2) is 0 Å². The highest BCUT2D eigenvalue weighted by molar-refractivity contribution is 5.86. The zero-order valence-corrected chi connectivity index (χ0v) is 13.1. The maximum atomic E-state index is 11.0. The third-order valence-electron chi connectivity index (χ3n) is 3.27. The van der Waals surface area contributed by atoms with Gasteiger partial charge in [0.15, 0.2) is 0 Å². The molecule has 0 fully saturated rings. The molecule has 1 aromatic rings. The molecular formula is C17H26N2O2. The van der Waals surface area contributed by atoms with Gasteiger partial charge in [0.25, 0.3) is 0 Å². The molecule has 0 heterocycles. The number of hydrogen-bond donors (Lipinski definition) is 1. The molecule has 4 heteroatoms. The van der Waals surface area contributed by atoms with Crippen molar-refractivity contribution in [3.05, 3.63) is 36.9 Å². The van der Waals surface area contributed by atoms with Gasteiger partial charge in [-0.3, -0.25) is 4.79 Å². The SMILES string of the molecule is C=CC(=O)NCCCCOc1cccc(N(CC)CC)c1. The molecule has 1 rings (SSSR count). The highest BCUT2D eigenvalue weighted by atomic mass is 16.5. The first-order valence-corrected chi connectivity index (χ1v) is 7.59. The number of nitrogens with one attached hydrogen (secondary N) is 1. The highest BCUT2D eigenvalue weighted by Gasteiger charge is 2.03. The van der Waals surface area contributed by atoms with Crippen molar-refractivity contribution in [2.75, 3.05) is 31.1 Å². The summed E-state index contributed by atoms with van der Waals surface area (Å²) >= 11 is 0. The Bertz CT molecular complexity index is 442. The Morgan fingerprint density at radius 2 is 2.10 bits per heavy atom. The van der Waals surface area contributed by atoms with Crippen LogP contribution in [0.25, 0.3) is 0 Å². The minimum atomic E-state index is -0.122. The lowest BCUT2D eigenvalue weighted by molar-refractivity contribution is -0.116. The summed E-state index contributed by atoms with van der Waals surface area (Å²) in [6.07, 6.45) is 3.09. The van der Waals surface area contributed by atoms with Crippen LogP contribution in [0.15, 0.2) is 36.9 Å². The summed E-state index contributed by atoms with van der Waals surface area (Å²) in [5.74, 6) is 0.775. The Hall–Kier alpha value is -1.97. The number of anilines is 1. The van der Waals surface area contributed by atoms with Gasteiger partial charge in [-0.05, 0) is 44.9 Å². The summed E-state index contributed by atoms with van der Waals surface area (Å²) in [6.45, 7) is 11.0. The number of amides is 1. The van der Waals surface area contributed by atoms with Crippen molar-refractivity contribution in [1.29, 1.82) is 0 Å². The standard InChI is InChI=1S/C17H26N2O2/c1-4-17(20)18-12-7-8-13-21-16-11-9-10-15(14-16)19(5-2)6-3/h4,9-11,14H,1,5-8,12-13H2,2-3H3,(H,18,20). The molecule has 1 aromatic carbocycles. The summed E-state index contributed by atoms with van der Waals surface area (Å²) in [5, 5.41) is 2.75. The zero-order chi connectivity index (χ0) is 15.5. The maximum Gasteiger partial charge on any atom is 0.243 e. The number of rotatable bonds is 10. The van der Waals surface area contributed by atoms with Crippen molar-refractivity contribution in [3.8, 4) is 5.75 Å². The Kier molecular flexibility index (Phi) is 8.02. The van der Waals surface area contributed by atoms with E-state index in [-0.39, 0.29) is 5.91 Å². The van der Waals surface area contributed by atoms with Crippen LogP contribution < -0.4 is 15.0 Å². The van der Waals surface area contributed by atoms with Crippen LogP contribution in [0.1, 0.15) is 26.7 Å². The number of benzene rings is 1. The van der Waals surface area contributed by atoms with Crippen LogP contribution in [0.2, 0.25) is 0 Å². The molecule has 0 aliphatic heterocycles. The van der Waals surface area contributed by atoms with E-state index in [2.05, 4.69) is 42.8 Å². The molecule has 4 nitrogen and oxygen atoms in total. The molecule has 0 radical (unpaired) electrons. The third kappa shape index (κ3) is 6.34. The first-order chi connectivity index (χ1) is 10.2.